The Morgan fingerprint density at radius 3 is 2.89 bits per heavy atom. The molecule has 0 radical (unpaired) electrons. The van der Waals surface area contributed by atoms with E-state index in [-0.39, 0.29) is 11.9 Å². The molecule has 0 bridgehead atoms. The molecule has 19 heavy (non-hydrogen) atoms. The molecule has 0 amide bonds. The van der Waals surface area contributed by atoms with Gasteiger partial charge in [0.1, 0.15) is 22.5 Å². The smallest absolute Gasteiger partial charge is 0.404 e. The van der Waals surface area contributed by atoms with Crippen LogP contribution in [0.1, 0.15) is 31.0 Å². The standard InChI is InChI=1S/C12H16N4O3/c1-3-6-13-11(12-14-7-8-15(12)2)9-4-5-10(19-9)16(17)18/h4-5,7-8,11,13H,3,6H2,1-2H3. The van der Waals surface area contributed by atoms with Gasteiger partial charge in [-0.1, -0.05) is 6.92 Å². The maximum Gasteiger partial charge on any atom is 0.433 e. The van der Waals surface area contributed by atoms with Gasteiger partial charge < -0.3 is 14.3 Å². The molecular weight excluding hydrogens is 248 g/mol. The van der Waals surface area contributed by atoms with Gasteiger partial charge in [0.2, 0.25) is 0 Å². The molecule has 2 heterocycles. The molecule has 0 aromatic carbocycles. The number of aromatic nitrogens is 2. The lowest BCUT2D eigenvalue weighted by Crippen LogP contribution is -2.25. The van der Waals surface area contributed by atoms with Crippen LogP contribution in [0.3, 0.4) is 0 Å². The summed E-state index contributed by atoms with van der Waals surface area (Å²) in [5.74, 6) is 1.000. The lowest BCUT2D eigenvalue weighted by atomic mass is 10.2. The molecule has 1 N–H and O–H groups in total. The van der Waals surface area contributed by atoms with Crippen LogP contribution < -0.4 is 5.32 Å². The van der Waals surface area contributed by atoms with Gasteiger partial charge in [-0.3, -0.25) is 10.1 Å². The van der Waals surface area contributed by atoms with Gasteiger partial charge in [-0.2, -0.15) is 0 Å². The predicted octanol–water partition coefficient (Wildman–Crippen LogP) is 2.01. The maximum absolute atomic E-state index is 10.7. The van der Waals surface area contributed by atoms with Crippen LogP contribution in [0, 0.1) is 10.1 Å². The molecule has 1 unspecified atom stereocenters. The fourth-order valence-electron chi connectivity index (χ4n) is 1.86. The van der Waals surface area contributed by atoms with Crippen molar-refractivity contribution in [2.24, 2.45) is 7.05 Å². The van der Waals surface area contributed by atoms with Gasteiger partial charge in [0, 0.05) is 19.4 Å². The highest BCUT2D eigenvalue weighted by Gasteiger charge is 2.23. The van der Waals surface area contributed by atoms with Gasteiger partial charge in [0.05, 0.1) is 6.07 Å². The zero-order valence-electron chi connectivity index (χ0n) is 10.9. The van der Waals surface area contributed by atoms with Crippen molar-refractivity contribution >= 4 is 5.88 Å². The summed E-state index contributed by atoms with van der Waals surface area (Å²) >= 11 is 0. The van der Waals surface area contributed by atoms with Gasteiger partial charge in [-0.05, 0) is 19.0 Å². The van der Waals surface area contributed by atoms with Crippen LogP contribution >= 0.6 is 0 Å². The van der Waals surface area contributed by atoms with Crippen LogP contribution in [0.15, 0.2) is 28.9 Å². The molecule has 2 rings (SSSR count). The summed E-state index contributed by atoms with van der Waals surface area (Å²) < 4.78 is 7.13. The average molecular weight is 264 g/mol. The van der Waals surface area contributed by atoms with Crippen molar-refractivity contribution in [3.8, 4) is 0 Å². The molecule has 1 atom stereocenters. The van der Waals surface area contributed by atoms with Crippen molar-refractivity contribution < 1.29 is 9.34 Å². The Kier molecular flexibility index (Phi) is 3.96. The monoisotopic (exact) mass is 264 g/mol. The zero-order chi connectivity index (χ0) is 13.8. The van der Waals surface area contributed by atoms with Crippen LogP contribution in [0.2, 0.25) is 0 Å². The van der Waals surface area contributed by atoms with E-state index in [1.54, 1.807) is 12.3 Å². The quantitative estimate of drug-likeness (QED) is 0.637. The zero-order valence-corrected chi connectivity index (χ0v) is 10.9. The summed E-state index contributed by atoms with van der Waals surface area (Å²) in [5, 5.41) is 14.0. The lowest BCUT2D eigenvalue weighted by Gasteiger charge is -2.15. The average Bonchev–Trinajstić information content (AvgIpc) is 3.00. The Morgan fingerprint density at radius 2 is 2.37 bits per heavy atom. The minimum absolute atomic E-state index is 0.257. The minimum atomic E-state index is -0.543. The number of hydrogen-bond acceptors (Lipinski definition) is 5. The summed E-state index contributed by atoms with van der Waals surface area (Å²) in [5.41, 5.74) is 0. The van der Waals surface area contributed by atoms with E-state index in [0.29, 0.717) is 5.76 Å². The molecule has 0 aliphatic carbocycles. The predicted molar refractivity (Wildman–Crippen MR) is 68.7 cm³/mol. The number of nitrogens with zero attached hydrogens (tertiary/aromatic N) is 3. The summed E-state index contributed by atoms with van der Waals surface area (Å²) in [6.07, 6.45) is 4.46. The van der Waals surface area contributed by atoms with Crippen molar-refractivity contribution in [1.82, 2.24) is 14.9 Å². The molecule has 0 saturated heterocycles. The van der Waals surface area contributed by atoms with E-state index >= 15 is 0 Å². The number of aryl methyl sites for hydroxylation is 1. The van der Waals surface area contributed by atoms with E-state index in [1.165, 1.54) is 6.07 Å². The maximum atomic E-state index is 10.7. The summed E-state index contributed by atoms with van der Waals surface area (Å²) in [6, 6.07) is 2.69. The highest BCUT2D eigenvalue weighted by Crippen LogP contribution is 2.25. The van der Waals surface area contributed by atoms with Gasteiger partial charge in [-0.25, -0.2) is 4.98 Å². The normalized spacial score (nSPS) is 12.5. The van der Waals surface area contributed by atoms with Crippen LogP contribution in [-0.4, -0.2) is 21.0 Å². The molecule has 7 nitrogen and oxygen atoms in total. The molecule has 0 aliphatic rings. The Hall–Kier alpha value is -2.15. The number of nitrogens with one attached hydrogen (secondary N) is 1. The Morgan fingerprint density at radius 1 is 1.58 bits per heavy atom. The van der Waals surface area contributed by atoms with Crippen molar-refractivity contribution in [3.05, 3.63) is 46.2 Å². The third-order valence-electron chi connectivity index (χ3n) is 2.79. The van der Waals surface area contributed by atoms with Crippen molar-refractivity contribution in [1.29, 1.82) is 0 Å². The van der Waals surface area contributed by atoms with Gasteiger partial charge in [0.25, 0.3) is 0 Å². The third-order valence-corrected chi connectivity index (χ3v) is 2.79. The van der Waals surface area contributed by atoms with Crippen molar-refractivity contribution in [2.75, 3.05) is 6.54 Å². The third kappa shape index (κ3) is 2.82. The molecule has 0 aliphatic heterocycles. The Bertz CT molecular complexity index is 561. The number of nitro groups is 1. The molecule has 0 fully saturated rings. The Balaban J connectivity index is 2.31. The Labute approximate surface area is 110 Å². The highest BCUT2D eigenvalue weighted by molar-refractivity contribution is 5.24. The highest BCUT2D eigenvalue weighted by atomic mass is 16.6. The second-order valence-corrected chi connectivity index (χ2v) is 4.22. The topological polar surface area (TPSA) is 86.1 Å². The summed E-state index contributed by atoms with van der Waals surface area (Å²) in [7, 11) is 1.88. The van der Waals surface area contributed by atoms with Crippen LogP contribution in [0.4, 0.5) is 5.88 Å². The van der Waals surface area contributed by atoms with Gasteiger partial charge in [-0.15, -0.1) is 0 Å². The fraction of sp³-hybridized carbons (Fsp3) is 0.417. The lowest BCUT2D eigenvalue weighted by molar-refractivity contribution is -0.402. The van der Waals surface area contributed by atoms with Crippen LogP contribution in [0.5, 0.6) is 0 Å². The van der Waals surface area contributed by atoms with E-state index in [9.17, 15) is 10.1 Å². The molecule has 7 heteroatoms. The first-order valence-electron chi connectivity index (χ1n) is 6.08. The molecule has 0 spiro atoms. The first kappa shape index (κ1) is 13.3. The number of imidazole rings is 1. The van der Waals surface area contributed by atoms with Crippen LogP contribution in [-0.2, 0) is 7.05 Å². The molecule has 0 saturated carbocycles. The molecule has 102 valence electrons. The van der Waals surface area contributed by atoms with E-state index in [2.05, 4.69) is 10.3 Å². The molecule has 2 aromatic rings. The number of rotatable bonds is 6. The second kappa shape index (κ2) is 5.66. The van der Waals surface area contributed by atoms with E-state index < -0.39 is 4.92 Å². The summed E-state index contributed by atoms with van der Waals surface area (Å²) in [4.78, 5) is 14.4. The van der Waals surface area contributed by atoms with E-state index in [0.717, 1.165) is 18.8 Å². The summed E-state index contributed by atoms with van der Waals surface area (Å²) in [6.45, 7) is 2.82. The van der Waals surface area contributed by atoms with Crippen molar-refractivity contribution in [2.45, 2.75) is 19.4 Å². The second-order valence-electron chi connectivity index (χ2n) is 4.22. The first-order valence-corrected chi connectivity index (χ1v) is 6.08. The van der Waals surface area contributed by atoms with Crippen molar-refractivity contribution in [3.63, 3.8) is 0 Å². The van der Waals surface area contributed by atoms with Gasteiger partial charge >= 0.3 is 5.88 Å². The van der Waals surface area contributed by atoms with E-state index in [4.69, 9.17) is 4.42 Å². The number of hydrogen-bond donors (Lipinski definition) is 1. The fourth-order valence-corrected chi connectivity index (χ4v) is 1.86. The minimum Gasteiger partial charge on any atom is -0.404 e. The largest absolute Gasteiger partial charge is 0.433 e. The molecule has 2 aromatic heterocycles. The van der Waals surface area contributed by atoms with E-state index in [1.807, 2.05) is 24.7 Å². The number of furan rings is 1. The first-order chi connectivity index (χ1) is 9.13. The molecular formula is C12H16N4O3. The van der Waals surface area contributed by atoms with Crippen LogP contribution in [0.25, 0.3) is 0 Å². The van der Waals surface area contributed by atoms with Gasteiger partial charge in [0.15, 0.2) is 0 Å². The SMILES string of the molecule is CCCNC(c1ccc([N+](=O)[O-])o1)c1nccn1C.